The number of nitrogens with two attached hydrogens (primary N) is 1. The lowest BCUT2D eigenvalue weighted by molar-refractivity contribution is -0.135. The van der Waals surface area contributed by atoms with Crippen LogP contribution in [-0.2, 0) is 39.0 Å². The van der Waals surface area contributed by atoms with Gasteiger partial charge in [-0.3, -0.25) is 28.8 Å². The third-order valence-corrected chi connectivity index (χ3v) is 8.21. The summed E-state index contributed by atoms with van der Waals surface area (Å²) in [5.74, 6) is -0.786. The van der Waals surface area contributed by atoms with Crippen molar-refractivity contribution >= 4 is 46.4 Å². The molecule has 4 N–H and O–H groups in total. The number of rotatable bonds is 13. The van der Waals surface area contributed by atoms with Gasteiger partial charge in [-0.1, -0.05) is 29.8 Å². The van der Waals surface area contributed by atoms with E-state index in [0.717, 1.165) is 35.9 Å². The minimum Gasteiger partial charge on any atom is -0.490 e. The second-order valence-corrected chi connectivity index (χ2v) is 13.0. The third-order valence-electron chi connectivity index (χ3n) is 7.78. The first-order chi connectivity index (χ1) is 21.7. The van der Waals surface area contributed by atoms with Gasteiger partial charge in [0.15, 0.2) is 0 Å². The van der Waals surface area contributed by atoms with Crippen LogP contribution in [0.15, 0.2) is 41.2 Å². The lowest BCUT2D eigenvalue weighted by atomic mass is 10.0. The lowest BCUT2D eigenvalue weighted by Crippen LogP contribution is -2.44. The standard InChI is InChI=1S/C33H42ClN5O7/c1-33(2,3)46-31(43)36-22(13-16-27(35)40)19-45-26-11-7-10-21(29(26)34)9-6-5-8-20-12-14-23-25(18-20)38(4)32(44)39(23)24-15-17-28(41)37-30(24)42/h7,10-12,14,18,22,24H,5-6,8-9,13,15-17,19H2,1-4H3,(H2,35,40)(H,36,43)(H,37,41,42). The van der Waals surface area contributed by atoms with Gasteiger partial charge in [0.1, 0.15) is 24.0 Å². The van der Waals surface area contributed by atoms with Gasteiger partial charge >= 0.3 is 11.8 Å². The Morgan fingerprint density at radius 2 is 1.85 bits per heavy atom. The molecule has 0 aliphatic carbocycles. The average molecular weight is 656 g/mol. The zero-order valence-corrected chi connectivity index (χ0v) is 27.4. The second-order valence-electron chi connectivity index (χ2n) is 12.6. The van der Waals surface area contributed by atoms with Crippen LogP contribution >= 0.6 is 11.6 Å². The van der Waals surface area contributed by atoms with Crippen LogP contribution in [0.2, 0.25) is 5.02 Å². The van der Waals surface area contributed by atoms with Crippen molar-refractivity contribution in [3.63, 3.8) is 0 Å². The number of piperidine rings is 1. The summed E-state index contributed by atoms with van der Waals surface area (Å²) in [5.41, 5.74) is 7.72. The van der Waals surface area contributed by atoms with Crippen molar-refractivity contribution in [3.05, 3.63) is 63.0 Å². The molecule has 2 aromatic carbocycles. The molecule has 13 heteroatoms. The molecule has 0 spiro atoms. The predicted molar refractivity (Wildman–Crippen MR) is 174 cm³/mol. The van der Waals surface area contributed by atoms with Gasteiger partial charge in [0.25, 0.3) is 0 Å². The Morgan fingerprint density at radius 3 is 2.54 bits per heavy atom. The minimum absolute atomic E-state index is 0.0753. The number of nitrogens with zero attached hydrogens (tertiary/aromatic N) is 2. The maximum absolute atomic E-state index is 13.0. The van der Waals surface area contributed by atoms with Crippen molar-refractivity contribution < 1.29 is 28.7 Å². The molecule has 0 radical (unpaired) electrons. The number of halogens is 1. The van der Waals surface area contributed by atoms with E-state index >= 15 is 0 Å². The van der Waals surface area contributed by atoms with Gasteiger partial charge in [-0.05, 0) is 88.6 Å². The summed E-state index contributed by atoms with van der Waals surface area (Å²) in [4.78, 5) is 60.7. The number of alkyl carbamates (subject to hydrolysis) is 1. The molecule has 2 heterocycles. The molecule has 1 aliphatic heterocycles. The van der Waals surface area contributed by atoms with E-state index in [0.29, 0.717) is 29.1 Å². The number of aromatic nitrogens is 2. The number of amides is 4. The number of imidazole rings is 1. The number of carbonyl (C=O) groups is 4. The topological polar surface area (TPSA) is 164 Å². The van der Waals surface area contributed by atoms with Gasteiger partial charge in [-0.25, -0.2) is 9.59 Å². The van der Waals surface area contributed by atoms with Crippen LogP contribution < -0.4 is 26.8 Å². The third kappa shape index (κ3) is 8.90. The van der Waals surface area contributed by atoms with Crippen molar-refractivity contribution in [3.8, 4) is 5.75 Å². The summed E-state index contributed by atoms with van der Waals surface area (Å²) < 4.78 is 14.3. The molecular formula is C33H42ClN5O7. The van der Waals surface area contributed by atoms with Crippen LogP contribution in [-0.4, -0.2) is 51.2 Å². The van der Waals surface area contributed by atoms with Crippen molar-refractivity contribution in [1.29, 1.82) is 0 Å². The van der Waals surface area contributed by atoms with E-state index in [1.807, 2.05) is 30.3 Å². The molecule has 12 nitrogen and oxygen atoms in total. The Kier molecular flexibility index (Phi) is 11.2. The molecular weight excluding hydrogens is 614 g/mol. The number of primary amides is 1. The molecule has 248 valence electrons. The van der Waals surface area contributed by atoms with Gasteiger partial charge in [0.05, 0.1) is 22.1 Å². The van der Waals surface area contributed by atoms with Crippen LogP contribution in [0.4, 0.5) is 4.79 Å². The maximum Gasteiger partial charge on any atom is 0.407 e. The second kappa shape index (κ2) is 14.8. The first-order valence-corrected chi connectivity index (χ1v) is 15.8. The van der Waals surface area contributed by atoms with E-state index in [-0.39, 0.29) is 37.5 Å². The minimum atomic E-state index is -0.716. The number of aryl methyl sites for hydroxylation is 3. The Hall–Kier alpha value is -4.32. The monoisotopic (exact) mass is 655 g/mol. The molecule has 3 aromatic rings. The Labute approximate surface area is 272 Å². The van der Waals surface area contributed by atoms with Gasteiger partial charge in [-0.15, -0.1) is 0 Å². The van der Waals surface area contributed by atoms with E-state index < -0.39 is 35.6 Å². The van der Waals surface area contributed by atoms with E-state index in [1.165, 1.54) is 9.13 Å². The number of hydrogen-bond donors (Lipinski definition) is 3. The van der Waals surface area contributed by atoms with Crippen LogP contribution in [0, 0.1) is 0 Å². The van der Waals surface area contributed by atoms with Crippen molar-refractivity contribution in [2.24, 2.45) is 12.8 Å². The number of unbranched alkanes of at least 4 members (excludes halogenated alkanes) is 1. The van der Waals surface area contributed by atoms with E-state index in [9.17, 15) is 24.0 Å². The quantitative estimate of drug-likeness (QED) is 0.185. The predicted octanol–water partition coefficient (Wildman–Crippen LogP) is 4.07. The van der Waals surface area contributed by atoms with Gasteiger partial charge in [0.2, 0.25) is 17.7 Å². The van der Waals surface area contributed by atoms with Crippen LogP contribution in [0.25, 0.3) is 11.0 Å². The van der Waals surface area contributed by atoms with Crippen molar-refractivity contribution in [2.75, 3.05) is 6.61 Å². The average Bonchev–Trinajstić information content (AvgIpc) is 3.21. The largest absolute Gasteiger partial charge is 0.490 e. The molecule has 1 saturated heterocycles. The summed E-state index contributed by atoms with van der Waals surface area (Å²) in [6, 6.07) is 10.1. The van der Waals surface area contributed by atoms with E-state index in [2.05, 4.69) is 10.6 Å². The highest BCUT2D eigenvalue weighted by molar-refractivity contribution is 6.32. The van der Waals surface area contributed by atoms with E-state index in [4.69, 9.17) is 26.8 Å². The summed E-state index contributed by atoms with van der Waals surface area (Å²) in [6.07, 6.45) is 3.43. The number of carbonyl (C=O) groups excluding carboxylic acids is 4. The van der Waals surface area contributed by atoms with Gasteiger partial charge < -0.3 is 20.5 Å². The molecule has 46 heavy (non-hydrogen) atoms. The van der Waals surface area contributed by atoms with Crippen molar-refractivity contribution in [2.45, 2.75) is 89.8 Å². The first kappa shape index (κ1) is 34.6. The Bertz CT molecular complexity index is 1670. The summed E-state index contributed by atoms with van der Waals surface area (Å²) in [7, 11) is 1.68. The zero-order valence-electron chi connectivity index (χ0n) is 26.7. The smallest absolute Gasteiger partial charge is 0.407 e. The lowest BCUT2D eigenvalue weighted by Gasteiger charge is -2.24. The molecule has 2 unspecified atom stereocenters. The van der Waals surface area contributed by atoms with Gasteiger partial charge in [-0.2, -0.15) is 0 Å². The number of nitrogens with one attached hydrogen (secondary N) is 2. The summed E-state index contributed by atoms with van der Waals surface area (Å²) in [5, 5.41) is 5.56. The highest BCUT2D eigenvalue weighted by atomic mass is 35.5. The molecule has 2 atom stereocenters. The van der Waals surface area contributed by atoms with Crippen molar-refractivity contribution in [1.82, 2.24) is 19.8 Å². The Balaban J connectivity index is 1.35. The normalized spacial score (nSPS) is 15.8. The fourth-order valence-electron chi connectivity index (χ4n) is 5.48. The van der Waals surface area contributed by atoms with Crippen LogP contribution in [0.5, 0.6) is 5.75 Å². The molecule has 4 rings (SSSR count). The summed E-state index contributed by atoms with van der Waals surface area (Å²) in [6.45, 7) is 5.36. The molecule has 1 fully saturated rings. The molecule has 4 amide bonds. The van der Waals surface area contributed by atoms with Gasteiger partial charge in [0, 0.05) is 19.9 Å². The maximum atomic E-state index is 13.0. The Morgan fingerprint density at radius 1 is 1.11 bits per heavy atom. The molecule has 1 aliphatic rings. The number of fused-ring (bicyclic) bond motifs is 1. The van der Waals surface area contributed by atoms with Crippen LogP contribution in [0.3, 0.4) is 0 Å². The SMILES string of the molecule is Cn1c(=O)n(C2CCC(=O)NC2=O)c2ccc(CCCCc3cccc(OCC(CCC(N)=O)NC(=O)OC(C)(C)C)c3Cl)cc21. The highest BCUT2D eigenvalue weighted by Crippen LogP contribution is 2.30. The number of hydrogen-bond acceptors (Lipinski definition) is 7. The number of imide groups is 1. The number of benzene rings is 2. The van der Waals surface area contributed by atoms with E-state index in [1.54, 1.807) is 33.9 Å². The van der Waals surface area contributed by atoms with Crippen LogP contribution in [0.1, 0.15) is 76.5 Å². The molecule has 0 saturated carbocycles. The molecule has 1 aromatic heterocycles. The zero-order chi connectivity index (χ0) is 33.6. The summed E-state index contributed by atoms with van der Waals surface area (Å²) >= 11 is 6.70. The number of ether oxygens (including phenoxy) is 2. The fraction of sp³-hybridized carbons (Fsp3) is 0.485. The first-order valence-electron chi connectivity index (χ1n) is 15.4. The fourth-order valence-corrected chi connectivity index (χ4v) is 5.75. The highest BCUT2D eigenvalue weighted by Gasteiger charge is 2.31. The molecule has 0 bridgehead atoms.